The molecular weight excluding hydrogens is 280 g/mol. The average Bonchev–Trinajstić information content (AvgIpc) is 2.31. The van der Waals surface area contributed by atoms with E-state index in [1.165, 1.54) is 4.57 Å². The van der Waals surface area contributed by atoms with Gasteiger partial charge in [0.2, 0.25) is 0 Å². The summed E-state index contributed by atoms with van der Waals surface area (Å²) in [5.74, 6) is -0.0421. The maximum absolute atomic E-state index is 12.6. The fraction of sp³-hybridized carbons (Fsp3) is 0.714. The Morgan fingerprint density at radius 1 is 1.40 bits per heavy atom. The largest absolute Gasteiger partial charge is 0.381 e. The predicted octanol–water partition coefficient (Wildman–Crippen LogP) is 2.30. The van der Waals surface area contributed by atoms with E-state index >= 15 is 0 Å². The summed E-state index contributed by atoms with van der Waals surface area (Å²) in [7, 11) is 1.65. The Hall–Kier alpha value is -1.07. The van der Waals surface area contributed by atoms with Gasteiger partial charge < -0.3 is 4.74 Å². The van der Waals surface area contributed by atoms with Gasteiger partial charge in [0.15, 0.2) is 0 Å². The Labute approximate surface area is 122 Å². The monoisotopic (exact) mass is 300 g/mol. The molecule has 1 aliphatic rings. The number of hydrogen-bond acceptors (Lipinski definition) is 3. The third-order valence-corrected chi connectivity index (χ3v) is 4.72. The van der Waals surface area contributed by atoms with Crippen LogP contribution in [0.15, 0.2) is 9.59 Å². The second kappa shape index (κ2) is 5.04. The number of hydrogen-bond donors (Lipinski definition) is 1. The molecule has 1 aromatic rings. The first-order valence-corrected chi connectivity index (χ1v) is 7.16. The van der Waals surface area contributed by atoms with Crippen molar-refractivity contribution in [2.75, 3.05) is 7.11 Å². The van der Waals surface area contributed by atoms with Crippen LogP contribution < -0.4 is 11.2 Å². The summed E-state index contributed by atoms with van der Waals surface area (Å²) >= 11 is 6.00. The predicted molar refractivity (Wildman–Crippen MR) is 78.7 cm³/mol. The molecule has 0 spiro atoms. The van der Waals surface area contributed by atoms with E-state index < -0.39 is 5.69 Å². The SMILES string of the molecule is COC1CC(n2c(=O)[nH]c(Cl)c(C(C)C)c2=O)C1(C)C. The summed E-state index contributed by atoms with van der Waals surface area (Å²) in [5, 5.41) is 0.145. The molecule has 6 heteroatoms. The maximum atomic E-state index is 12.6. The van der Waals surface area contributed by atoms with Gasteiger partial charge in [0.1, 0.15) is 5.15 Å². The Bertz CT molecular complexity index is 630. The van der Waals surface area contributed by atoms with E-state index in [9.17, 15) is 9.59 Å². The van der Waals surface area contributed by atoms with Crippen LogP contribution in [0.1, 0.15) is 51.6 Å². The highest BCUT2D eigenvalue weighted by atomic mass is 35.5. The number of ether oxygens (including phenoxy) is 1. The van der Waals surface area contributed by atoms with Crippen LogP contribution >= 0.6 is 11.6 Å². The molecule has 112 valence electrons. The molecule has 1 N–H and O–H groups in total. The van der Waals surface area contributed by atoms with Crippen molar-refractivity contribution < 1.29 is 4.74 Å². The minimum atomic E-state index is -0.447. The number of methoxy groups -OCH3 is 1. The molecule has 1 saturated carbocycles. The van der Waals surface area contributed by atoms with Crippen LogP contribution in [0.25, 0.3) is 0 Å². The first-order chi connectivity index (χ1) is 9.21. The van der Waals surface area contributed by atoms with E-state index in [0.717, 1.165) is 0 Å². The van der Waals surface area contributed by atoms with Crippen molar-refractivity contribution in [3.63, 3.8) is 0 Å². The normalized spacial score (nSPS) is 24.8. The summed E-state index contributed by atoms with van der Waals surface area (Å²) < 4.78 is 6.68. The quantitative estimate of drug-likeness (QED) is 0.871. The van der Waals surface area contributed by atoms with Crippen LogP contribution in [0.2, 0.25) is 5.15 Å². The number of nitrogens with one attached hydrogen (secondary N) is 1. The molecule has 0 bridgehead atoms. The zero-order valence-corrected chi connectivity index (χ0v) is 13.2. The van der Waals surface area contributed by atoms with Crippen LogP contribution in [0.3, 0.4) is 0 Å². The van der Waals surface area contributed by atoms with Crippen molar-refractivity contribution in [2.24, 2.45) is 5.41 Å². The Morgan fingerprint density at radius 3 is 2.45 bits per heavy atom. The van der Waals surface area contributed by atoms with Crippen molar-refractivity contribution in [3.05, 3.63) is 31.6 Å². The van der Waals surface area contributed by atoms with Crippen LogP contribution in [-0.2, 0) is 4.74 Å². The van der Waals surface area contributed by atoms with Gasteiger partial charge in [0, 0.05) is 12.5 Å². The number of halogens is 1. The van der Waals surface area contributed by atoms with Gasteiger partial charge in [-0.05, 0) is 12.3 Å². The van der Waals surface area contributed by atoms with Crippen LogP contribution in [-0.4, -0.2) is 22.8 Å². The second-order valence-corrected chi connectivity index (χ2v) is 6.66. The molecule has 1 aromatic heterocycles. The number of aromatic amines is 1. The van der Waals surface area contributed by atoms with Crippen molar-refractivity contribution in [1.29, 1.82) is 0 Å². The maximum Gasteiger partial charge on any atom is 0.329 e. The van der Waals surface area contributed by atoms with Crippen molar-refractivity contribution in [1.82, 2.24) is 9.55 Å². The van der Waals surface area contributed by atoms with Gasteiger partial charge in [0.25, 0.3) is 5.56 Å². The summed E-state index contributed by atoms with van der Waals surface area (Å²) in [6, 6.07) is -0.168. The van der Waals surface area contributed by atoms with Crippen LogP contribution in [0.4, 0.5) is 0 Å². The number of aromatic nitrogens is 2. The van der Waals surface area contributed by atoms with E-state index in [4.69, 9.17) is 16.3 Å². The Morgan fingerprint density at radius 2 is 2.00 bits per heavy atom. The lowest BCUT2D eigenvalue weighted by Gasteiger charge is -2.51. The van der Waals surface area contributed by atoms with E-state index in [2.05, 4.69) is 4.98 Å². The minimum absolute atomic E-state index is 0.0421. The highest BCUT2D eigenvalue weighted by molar-refractivity contribution is 6.30. The van der Waals surface area contributed by atoms with Gasteiger partial charge in [-0.2, -0.15) is 0 Å². The molecule has 2 rings (SSSR count). The van der Waals surface area contributed by atoms with Crippen LogP contribution in [0, 0.1) is 5.41 Å². The third kappa shape index (κ3) is 2.13. The molecule has 2 atom stereocenters. The fourth-order valence-corrected chi connectivity index (χ4v) is 3.40. The van der Waals surface area contributed by atoms with Gasteiger partial charge in [-0.25, -0.2) is 4.79 Å². The van der Waals surface area contributed by atoms with E-state index in [-0.39, 0.29) is 34.2 Å². The Balaban J connectivity index is 2.58. The van der Waals surface area contributed by atoms with E-state index in [1.807, 2.05) is 27.7 Å². The van der Waals surface area contributed by atoms with Gasteiger partial charge in [-0.1, -0.05) is 39.3 Å². The third-order valence-electron chi connectivity index (χ3n) is 4.42. The molecular formula is C14H21ClN2O3. The van der Waals surface area contributed by atoms with Crippen molar-refractivity contribution in [2.45, 2.75) is 52.2 Å². The molecule has 0 aromatic carbocycles. The fourth-order valence-electron chi connectivity index (χ4n) is 3.02. The lowest BCUT2D eigenvalue weighted by atomic mass is 9.64. The second-order valence-electron chi connectivity index (χ2n) is 6.28. The average molecular weight is 301 g/mol. The van der Waals surface area contributed by atoms with Gasteiger partial charge >= 0.3 is 5.69 Å². The molecule has 1 aliphatic carbocycles. The number of H-pyrrole nitrogens is 1. The smallest absolute Gasteiger partial charge is 0.329 e. The zero-order chi connectivity index (χ0) is 15.2. The molecule has 0 radical (unpaired) electrons. The minimum Gasteiger partial charge on any atom is -0.381 e. The van der Waals surface area contributed by atoms with Crippen LogP contribution in [0.5, 0.6) is 0 Å². The topological polar surface area (TPSA) is 64.1 Å². The molecule has 0 saturated heterocycles. The molecule has 5 nitrogen and oxygen atoms in total. The lowest BCUT2D eigenvalue weighted by molar-refractivity contribution is -0.115. The van der Waals surface area contributed by atoms with E-state index in [0.29, 0.717) is 12.0 Å². The van der Waals surface area contributed by atoms with Crippen molar-refractivity contribution >= 4 is 11.6 Å². The summed E-state index contributed by atoms with van der Waals surface area (Å²) in [5.41, 5.74) is -0.533. The molecule has 0 amide bonds. The molecule has 1 fully saturated rings. The molecule has 2 unspecified atom stereocenters. The lowest BCUT2D eigenvalue weighted by Crippen LogP contribution is -2.57. The molecule has 20 heavy (non-hydrogen) atoms. The van der Waals surface area contributed by atoms with Gasteiger partial charge in [-0.15, -0.1) is 0 Å². The van der Waals surface area contributed by atoms with Gasteiger partial charge in [-0.3, -0.25) is 14.3 Å². The Kier molecular flexibility index (Phi) is 3.86. The molecule has 1 heterocycles. The number of rotatable bonds is 3. The first-order valence-electron chi connectivity index (χ1n) is 6.78. The van der Waals surface area contributed by atoms with Crippen molar-refractivity contribution in [3.8, 4) is 0 Å². The standard InChI is InChI=1S/C14H21ClN2O3/c1-7(2)10-11(15)16-13(19)17(12(10)18)8-6-9(20-5)14(8,3)4/h7-9H,6H2,1-5H3,(H,16,19). The number of nitrogens with zero attached hydrogens (tertiary/aromatic N) is 1. The van der Waals surface area contributed by atoms with Gasteiger partial charge in [0.05, 0.1) is 17.7 Å². The highest BCUT2D eigenvalue weighted by Crippen LogP contribution is 2.50. The molecule has 0 aliphatic heterocycles. The van der Waals surface area contributed by atoms with E-state index in [1.54, 1.807) is 7.11 Å². The summed E-state index contributed by atoms with van der Waals surface area (Å²) in [6.07, 6.45) is 0.711. The first kappa shape index (κ1) is 15.3. The highest BCUT2D eigenvalue weighted by Gasteiger charge is 2.50. The zero-order valence-electron chi connectivity index (χ0n) is 12.5. The summed E-state index contributed by atoms with van der Waals surface area (Å²) in [6.45, 7) is 7.78. The summed E-state index contributed by atoms with van der Waals surface area (Å²) in [4.78, 5) is 27.3.